The molecule has 2 aromatic rings. The van der Waals surface area contributed by atoms with Gasteiger partial charge in [-0.2, -0.15) is 0 Å². The Balaban J connectivity index is 1.38. The lowest BCUT2D eigenvalue weighted by Gasteiger charge is -2.15. The molecule has 1 saturated heterocycles. The van der Waals surface area contributed by atoms with E-state index in [2.05, 4.69) is 25.5 Å². The number of nitrogens with one attached hydrogen (secondary N) is 3. The van der Waals surface area contributed by atoms with Gasteiger partial charge in [0.2, 0.25) is 0 Å². The summed E-state index contributed by atoms with van der Waals surface area (Å²) < 4.78 is 13.2. The number of hydrogen-bond donors (Lipinski definition) is 3. The van der Waals surface area contributed by atoms with E-state index >= 15 is 0 Å². The third-order valence-corrected chi connectivity index (χ3v) is 4.78. The summed E-state index contributed by atoms with van der Waals surface area (Å²) in [5.74, 6) is 0.630. The summed E-state index contributed by atoms with van der Waals surface area (Å²) in [4.78, 5) is 9.93. The van der Waals surface area contributed by atoms with Gasteiger partial charge in [-0.25, -0.2) is 4.39 Å². The summed E-state index contributed by atoms with van der Waals surface area (Å²) in [6, 6.07) is 4.88. The highest BCUT2D eigenvalue weighted by Crippen LogP contribution is 2.19. The molecule has 1 aromatic heterocycles. The zero-order valence-corrected chi connectivity index (χ0v) is 14.9. The normalized spacial score (nSPS) is 15.8. The minimum Gasteiger partial charge on any atom is -0.361 e. The van der Waals surface area contributed by atoms with Crippen molar-refractivity contribution in [3.8, 4) is 0 Å². The quantitative estimate of drug-likeness (QED) is 0.411. The standard InChI is InChI=1S/C19H28FN5/c1-21-19(22-8-4-12-25-10-2-3-11-25)23-9-7-15-14-24-18-13-16(20)5-6-17(15)18/h5-6,13-14,24H,2-4,7-12H2,1H3,(H2,21,22,23). The average Bonchev–Trinajstić information content (AvgIpc) is 3.26. The van der Waals surface area contributed by atoms with E-state index in [1.54, 1.807) is 7.05 Å². The van der Waals surface area contributed by atoms with Crippen LogP contribution in [0.25, 0.3) is 10.9 Å². The summed E-state index contributed by atoms with van der Waals surface area (Å²) in [5, 5.41) is 7.80. The van der Waals surface area contributed by atoms with Crippen LogP contribution >= 0.6 is 0 Å². The maximum absolute atomic E-state index is 13.2. The van der Waals surface area contributed by atoms with E-state index in [1.807, 2.05) is 12.3 Å². The number of H-pyrrole nitrogens is 1. The van der Waals surface area contributed by atoms with E-state index in [0.29, 0.717) is 0 Å². The predicted octanol–water partition coefficient (Wildman–Crippen LogP) is 2.50. The van der Waals surface area contributed by atoms with Gasteiger partial charge in [0.1, 0.15) is 5.82 Å². The Kier molecular flexibility index (Phi) is 6.28. The lowest BCUT2D eigenvalue weighted by atomic mass is 10.1. The van der Waals surface area contributed by atoms with Gasteiger partial charge in [-0.3, -0.25) is 4.99 Å². The first-order valence-corrected chi connectivity index (χ1v) is 9.18. The van der Waals surface area contributed by atoms with Crippen LogP contribution in [-0.4, -0.2) is 55.6 Å². The number of aromatic nitrogens is 1. The molecule has 1 fully saturated rings. The number of benzene rings is 1. The summed E-state index contributed by atoms with van der Waals surface area (Å²) in [6.07, 6.45) is 6.64. The molecule has 0 bridgehead atoms. The molecule has 3 rings (SSSR count). The number of likely N-dealkylation sites (tertiary alicyclic amines) is 1. The highest BCUT2D eigenvalue weighted by Gasteiger charge is 2.10. The molecular weight excluding hydrogens is 317 g/mol. The fourth-order valence-electron chi connectivity index (χ4n) is 3.42. The van der Waals surface area contributed by atoms with Crippen LogP contribution in [-0.2, 0) is 6.42 Å². The van der Waals surface area contributed by atoms with E-state index in [0.717, 1.165) is 49.3 Å². The molecule has 0 amide bonds. The fourth-order valence-corrected chi connectivity index (χ4v) is 3.42. The zero-order valence-electron chi connectivity index (χ0n) is 14.9. The molecule has 6 heteroatoms. The second-order valence-corrected chi connectivity index (χ2v) is 6.58. The van der Waals surface area contributed by atoms with Crippen molar-refractivity contribution in [2.75, 3.05) is 39.8 Å². The highest BCUT2D eigenvalue weighted by atomic mass is 19.1. The van der Waals surface area contributed by atoms with Crippen LogP contribution in [0.15, 0.2) is 29.4 Å². The van der Waals surface area contributed by atoms with Gasteiger partial charge >= 0.3 is 0 Å². The van der Waals surface area contributed by atoms with Crippen molar-refractivity contribution in [1.82, 2.24) is 20.5 Å². The van der Waals surface area contributed by atoms with E-state index in [-0.39, 0.29) is 5.82 Å². The number of rotatable bonds is 7. The van der Waals surface area contributed by atoms with Gasteiger partial charge in [-0.15, -0.1) is 0 Å². The molecule has 1 aromatic carbocycles. The zero-order chi connectivity index (χ0) is 17.5. The summed E-state index contributed by atoms with van der Waals surface area (Å²) in [5.41, 5.74) is 2.03. The van der Waals surface area contributed by atoms with Gasteiger partial charge in [0.05, 0.1) is 0 Å². The van der Waals surface area contributed by atoms with Crippen molar-refractivity contribution < 1.29 is 4.39 Å². The van der Waals surface area contributed by atoms with Gasteiger partial charge < -0.3 is 20.5 Å². The van der Waals surface area contributed by atoms with E-state index < -0.39 is 0 Å². The number of hydrogen-bond acceptors (Lipinski definition) is 2. The van der Waals surface area contributed by atoms with Gasteiger partial charge in [-0.05, 0) is 69.1 Å². The van der Waals surface area contributed by atoms with Crippen molar-refractivity contribution in [3.05, 3.63) is 35.8 Å². The topological polar surface area (TPSA) is 55.5 Å². The molecular formula is C19H28FN5. The number of aliphatic imine (C=N–C) groups is 1. The Morgan fingerprint density at radius 3 is 2.84 bits per heavy atom. The SMILES string of the molecule is CN=C(NCCCN1CCCC1)NCCc1c[nH]c2cc(F)ccc12. The molecule has 1 aliphatic rings. The maximum atomic E-state index is 13.2. The number of fused-ring (bicyclic) bond motifs is 1. The van der Waals surface area contributed by atoms with Crippen molar-refractivity contribution in [3.63, 3.8) is 0 Å². The lowest BCUT2D eigenvalue weighted by Crippen LogP contribution is -2.39. The third-order valence-electron chi connectivity index (χ3n) is 4.78. The molecule has 0 unspecified atom stereocenters. The molecule has 5 nitrogen and oxygen atoms in total. The monoisotopic (exact) mass is 345 g/mol. The minimum atomic E-state index is -0.211. The second-order valence-electron chi connectivity index (χ2n) is 6.58. The van der Waals surface area contributed by atoms with Crippen LogP contribution in [0, 0.1) is 5.82 Å². The number of nitrogens with zero attached hydrogens (tertiary/aromatic N) is 2. The molecule has 3 N–H and O–H groups in total. The first-order chi connectivity index (χ1) is 12.3. The summed E-state index contributed by atoms with van der Waals surface area (Å²) in [6.45, 7) is 5.39. The Bertz CT molecular complexity index is 703. The molecule has 2 heterocycles. The van der Waals surface area contributed by atoms with Crippen LogP contribution in [0.5, 0.6) is 0 Å². The van der Waals surface area contributed by atoms with Crippen molar-refractivity contribution >= 4 is 16.9 Å². The number of guanidine groups is 1. The second kappa shape index (κ2) is 8.85. The Hall–Kier alpha value is -2.08. The molecule has 1 aliphatic heterocycles. The van der Waals surface area contributed by atoms with E-state index in [9.17, 15) is 4.39 Å². The third kappa shape index (κ3) is 4.95. The van der Waals surface area contributed by atoms with E-state index in [1.165, 1.54) is 43.6 Å². The predicted molar refractivity (Wildman–Crippen MR) is 102 cm³/mol. The minimum absolute atomic E-state index is 0.211. The van der Waals surface area contributed by atoms with E-state index in [4.69, 9.17) is 0 Å². The number of halogens is 1. The molecule has 0 aliphatic carbocycles. The van der Waals surface area contributed by atoms with Crippen molar-refractivity contribution in [1.29, 1.82) is 0 Å². The molecule has 0 atom stereocenters. The van der Waals surface area contributed by atoms with Gasteiger partial charge in [0.25, 0.3) is 0 Å². The first kappa shape index (κ1) is 17.7. The first-order valence-electron chi connectivity index (χ1n) is 9.18. The van der Waals surface area contributed by atoms with Crippen LogP contribution in [0.1, 0.15) is 24.8 Å². The average molecular weight is 345 g/mol. The molecule has 0 spiro atoms. The van der Waals surface area contributed by atoms with Gasteiger partial charge in [0, 0.05) is 37.2 Å². The maximum Gasteiger partial charge on any atom is 0.190 e. The smallest absolute Gasteiger partial charge is 0.190 e. The summed E-state index contributed by atoms with van der Waals surface area (Å²) >= 11 is 0. The van der Waals surface area contributed by atoms with Gasteiger partial charge in [-0.1, -0.05) is 0 Å². The van der Waals surface area contributed by atoms with Crippen molar-refractivity contribution in [2.24, 2.45) is 4.99 Å². The molecule has 136 valence electrons. The fraction of sp³-hybridized carbons (Fsp3) is 0.526. The van der Waals surface area contributed by atoms with Crippen molar-refractivity contribution in [2.45, 2.75) is 25.7 Å². The highest BCUT2D eigenvalue weighted by molar-refractivity contribution is 5.83. The Labute approximate surface area is 148 Å². The molecule has 0 radical (unpaired) electrons. The van der Waals surface area contributed by atoms with Crippen LogP contribution in [0.4, 0.5) is 4.39 Å². The van der Waals surface area contributed by atoms with Crippen LogP contribution < -0.4 is 10.6 Å². The van der Waals surface area contributed by atoms with Gasteiger partial charge in [0.15, 0.2) is 5.96 Å². The Morgan fingerprint density at radius 2 is 2.04 bits per heavy atom. The summed E-state index contributed by atoms with van der Waals surface area (Å²) in [7, 11) is 1.80. The Morgan fingerprint density at radius 1 is 1.24 bits per heavy atom. The molecule has 0 saturated carbocycles. The largest absolute Gasteiger partial charge is 0.361 e. The van der Waals surface area contributed by atoms with Crippen LogP contribution in [0.3, 0.4) is 0 Å². The molecule has 25 heavy (non-hydrogen) atoms. The number of aromatic amines is 1. The van der Waals surface area contributed by atoms with Crippen LogP contribution in [0.2, 0.25) is 0 Å². The lowest BCUT2D eigenvalue weighted by molar-refractivity contribution is 0.334.